The largest absolute Gasteiger partial charge is 0.448 e. The summed E-state index contributed by atoms with van der Waals surface area (Å²) in [4.78, 5) is 27.0. The molecule has 0 bridgehead atoms. The van der Waals surface area contributed by atoms with Gasteiger partial charge in [0.25, 0.3) is 5.91 Å². The van der Waals surface area contributed by atoms with E-state index < -0.39 is 12.1 Å². The Labute approximate surface area is 158 Å². The van der Waals surface area contributed by atoms with E-state index >= 15 is 0 Å². The summed E-state index contributed by atoms with van der Waals surface area (Å²) in [5, 5.41) is 2.90. The first-order chi connectivity index (χ1) is 12.5. The Kier molecular flexibility index (Phi) is 5.77. The van der Waals surface area contributed by atoms with Crippen LogP contribution in [0.5, 0.6) is 0 Å². The van der Waals surface area contributed by atoms with Gasteiger partial charge >= 0.3 is 5.97 Å². The normalized spacial score (nSPS) is 14.4. The van der Waals surface area contributed by atoms with Crippen molar-refractivity contribution in [2.75, 3.05) is 5.32 Å². The number of amides is 1. The minimum atomic E-state index is -0.790. The predicted molar refractivity (Wildman–Crippen MR) is 105 cm³/mol. The first kappa shape index (κ1) is 18.6. The van der Waals surface area contributed by atoms with Crippen LogP contribution in [0.25, 0.3) is 0 Å². The van der Waals surface area contributed by atoms with E-state index in [1.165, 1.54) is 34.6 Å². The van der Waals surface area contributed by atoms with Gasteiger partial charge in [-0.1, -0.05) is 19.1 Å². The number of nitrogens with one attached hydrogen (secondary N) is 1. The van der Waals surface area contributed by atoms with Crippen molar-refractivity contribution < 1.29 is 14.3 Å². The van der Waals surface area contributed by atoms with Gasteiger partial charge in [-0.05, 0) is 74.8 Å². The Balaban J connectivity index is 1.68. The lowest BCUT2D eigenvalue weighted by atomic mass is 9.99. The Bertz CT molecular complexity index is 801. The summed E-state index contributed by atoms with van der Waals surface area (Å²) in [5.41, 5.74) is 4.15. The molecule has 5 heteroatoms. The Morgan fingerprint density at radius 1 is 1.23 bits per heavy atom. The fourth-order valence-electron chi connectivity index (χ4n) is 3.20. The average molecular weight is 372 g/mol. The molecule has 4 nitrogen and oxygen atoms in total. The standard InChI is InChI=1S/C21H25NO3S/c1-4-17(20(23)22-16-10-7-8-13(2)14(16)3)25-21(24)19-12-15-9-5-6-11-18(15)26-19/h7-8,10,12,17H,4-6,9,11H2,1-3H3,(H,22,23). The van der Waals surface area contributed by atoms with Gasteiger partial charge in [0.2, 0.25) is 0 Å². The van der Waals surface area contributed by atoms with E-state index in [9.17, 15) is 9.59 Å². The first-order valence-corrected chi connectivity index (χ1v) is 10.0. The zero-order valence-electron chi connectivity index (χ0n) is 15.6. The third-order valence-electron chi connectivity index (χ3n) is 4.97. The number of carbonyl (C=O) groups excluding carboxylic acids is 2. The molecule has 0 spiro atoms. The summed E-state index contributed by atoms with van der Waals surface area (Å²) < 4.78 is 5.53. The molecule has 138 valence electrons. The molecule has 1 atom stereocenters. The minimum Gasteiger partial charge on any atom is -0.448 e. The molecule has 0 fully saturated rings. The fourth-order valence-corrected chi connectivity index (χ4v) is 4.34. The predicted octanol–water partition coefficient (Wildman–Crippen LogP) is 4.82. The topological polar surface area (TPSA) is 55.4 Å². The lowest BCUT2D eigenvalue weighted by Gasteiger charge is -2.17. The highest BCUT2D eigenvalue weighted by Gasteiger charge is 2.25. The smallest absolute Gasteiger partial charge is 0.349 e. The molecule has 1 heterocycles. The third-order valence-corrected chi connectivity index (χ3v) is 6.19. The van der Waals surface area contributed by atoms with E-state index in [2.05, 4.69) is 5.32 Å². The Hall–Kier alpha value is -2.14. The molecule has 3 rings (SSSR count). The minimum absolute atomic E-state index is 0.282. The molecule has 0 saturated carbocycles. The quantitative estimate of drug-likeness (QED) is 0.767. The summed E-state index contributed by atoms with van der Waals surface area (Å²) >= 11 is 1.51. The third kappa shape index (κ3) is 3.98. The highest BCUT2D eigenvalue weighted by Crippen LogP contribution is 2.30. The number of aryl methyl sites for hydroxylation is 3. The number of rotatable bonds is 5. The van der Waals surface area contributed by atoms with Crippen LogP contribution in [0, 0.1) is 13.8 Å². The molecule has 0 saturated heterocycles. The Morgan fingerprint density at radius 3 is 2.73 bits per heavy atom. The van der Waals surface area contributed by atoms with Gasteiger partial charge < -0.3 is 10.1 Å². The second-order valence-corrected chi connectivity index (χ2v) is 7.94. The summed E-state index contributed by atoms with van der Waals surface area (Å²) in [6, 6.07) is 7.71. The van der Waals surface area contributed by atoms with Crippen molar-refractivity contribution in [3.05, 3.63) is 50.7 Å². The molecule has 0 aliphatic heterocycles. The summed E-state index contributed by atoms with van der Waals surface area (Å²) in [5.74, 6) is -0.678. The van der Waals surface area contributed by atoms with Crippen molar-refractivity contribution >= 4 is 28.9 Å². The molecular formula is C21H25NO3S. The van der Waals surface area contributed by atoms with E-state index in [1.54, 1.807) is 0 Å². The number of carbonyl (C=O) groups is 2. The van der Waals surface area contributed by atoms with Crippen LogP contribution in [0.4, 0.5) is 5.69 Å². The molecule has 1 amide bonds. The Morgan fingerprint density at radius 2 is 2.00 bits per heavy atom. The molecule has 0 radical (unpaired) electrons. The molecule has 2 aromatic rings. The molecule has 1 aliphatic carbocycles. The van der Waals surface area contributed by atoms with Gasteiger partial charge in [0.1, 0.15) is 4.88 Å². The van der Waals surface area contributed by atoms with Gasteiger partial charge in [-0.25, -0.2) is 4.79 Å². The van der Waals surface area contributed by atoms with Crippen molar-refractivity contribution in [2.24, 2.45) is 0 Å². The highest BCUT2D eigenvalue weighted by molar-refractivity contribution is 7.14. The number of esters is 1. The maximum Gasteiger partial charge on any atom is 0.349 e. The van der Waals surface area contributed by atoms with E-state index in [1.807, 2.05) is 45.0 Å². The maximum absolute atomic E-state index is 12.6. The van der Waals surface area contributed by atoms with Gasteiger partial charge in [0.15, 0.2) is 6.10 Å². The number of ether oxygens (including phenoxy) is 1. The summed E-state index contributed by atoms with van der Waals surface area (Å²) in [6.45, 7) is 5.81. The average Bonchev–Trinajstić information content (AvgIpc) is 3.07. The lowest BCUT2D eigenvalue weighted by molar-refractivity contribution is -0.124. The molecule has 1 N–H and O–H groups in total. The van der Waals surface area contributed by atoms with Crippen LogP contribution in [0.1, 0.15) is 57.4 Å². The molecule has 1 aromatic carbocycles. The first-order valence-electron chi connectivity index (χ1n) is 9.19. The van der Waals surface area contributed by atoms with E-state index in [-0.39, 0.29) is 5.91 Å². The summed E-state index contributed by atoms with van der Waals surface area (Å²) in [7, 11) is 0. The van der Waals surface area contributed by atoms with Gasteiger partial charge in [0.05, 0.1) is 0 Å². The van der Waals surface area contributed by atoms with Crippen molar-refractivity contribution in [3.8, 4) is 0 Å². The fraction of sp³-hybridized carbons (Fsp3) is 0.429. The van der Waals surface area contributed by atoms with Crippen LogP contribution in [0.15, 0.2) is 24.3 Å². The number of fused-ring (bicyclic) bond motifs is 1. The molecular weight excluding hydrogens is 346 g/mol. The van der Waals surface area contributed by atoms with Gasteiger partial charge in [-0.2, -0.15) is 0 Å². The van der Waals surface area contributed by atoms with Crippen molar-refractivity contribution in [1.29, 1.82) is 0 Å². The van der Waals surface area contributed by atoms with Gasteiger partial charge in [-0.3, -0.25) is 4.79 Å². The summed E-state index contributed by atoms with van der Waals surface area (Å²) in [6.07, 6.45) is 4.07. The molecule has 1 aliphatic rings. The van der Waals surface area contributed by atoms with Gasteiger partial charge in [-0.15, -0.1) is 11.3 Å². The van der Waals surface area contributed by atoms with E-state index in [0.717, 1.165) is 29.7 Å². The van der Waals surface area contributed by atoms with Crippen molar-refractivity contribution in [2.45, 2.75) is 59.0 Å². The maximum atomic E-state index is 12.6. The number of thiophene rings is 1. The van der Waals surface area contributed by atoms with Gasteiger partial charge in [0, 0.05) is 10.6 Å². The lowest BCUT2D eigenvalue weighted by Crippen LogP contribution is -2.32. The molecule has 1 unspecified atom stereocenters. The van der Waals surface area contributed by atoms with E-state index in [4.69, 9.17) is 4.74 Å². The SMILES string of the molecule is CCC(OC(=O)c1cc2c(s1)CCCC2)C(=O)Nc1cccc(C)c1C. The second-order valence-electron chi connectivity index (χ2n) is 6.81. The van der Waals surface area contributed by atoms with E-state index in [0.29, 0.717) is 11.3 Å². The number of anilines is 1. The zero-order valence-corrected chi connectivity index (χ0v) is 16.4. The molecule has 26 heavy (non-hydrogen) atoms. The van der Waals surface area contributed by atoms with Crippen LogP contribution < -0.4 is 5.32 Å². The van der Waals surface area contributed by atoms with Crippen LogP contribution in [0.3, 0.4) is 0 Å². The van der Waals surface area contributed by atoms with Crippen LogP contribution in [-0.4, -0.2) is 18.0 Å². The number of hydrogen-bond acceptors (Lipinski definition) is 4. The number of benzene rings is 1. The van der Waals surface area contributed by atoms with Crippen LogP contribution in [0.2, 0.25) is 0 Å². The van der Waals surface area contributed by atoms with Crippen molar-refractivity contribution in [1.82, 2.24) is 0 Å². The van der Waals surface area contributed by atoms with Crippen LogP contribution in [-0.2, 0) is 22.4 Å². The monoisotopic (exact) mass is 371 g/mol. The number of hydrogen-bond donors (Lipinski definition) is 1. The highest BCUT2D eigenvalue weighted by atomic mass is 32.1. The zero-order chi connectivity index (χ0) is 18.7. The van der Waals surface area contributed by atoms with Crippen LogP contribution >= 0.6 is 11.3 Å². The molecule has 1 aromatic heterocycles. The second kappa shape index (κ2) is 8.04. The van der Waals surface area contributed by atoms with Crippen molar-refractivity contribution in [3.63, 3.8) is 0 Å².